The van der Waals surface area contributed by atoms with Crippen molar-refractivity contribution in [3.63, 3.8) is 0 Å². The average molecular weight is 1090 g/mol. The molecule has 2 aromatic heterocycles. The van der Waals surface area contributed by atoms with E-state index in [1.807, 2.05) is 12.3 Å². The zero-order valence-electron chi connectivity index (χ0n) is 42.9. The van der Waals surface area contributed by atoms with Crippen LogP contribution >= 0.6 is 0 Å². The molecule has 0 aliphatic carbocycles. The van der Waals surface area contributed by atoms with E-state index in [1.165, 1.54) is 33.6 Å². The fraction of sp³-hybridized carbons (Fsp3) is 0.302. The molecule has 3 heterocycles. The maximum atomic E-state index is 7.08. The van der Waals surface area contributed by atoms with Crippen molar-refractivity contribution < 1.29 is 25.8 Å². The van der Waals surface area contributed by atoms with Gasteiger partial charge in [-0.25, -0.2) is 4.98 Å². The fourth-order valence-corrected chi connectivity index (χ4v) is 9.65. The molecule has 0 saturated carbocycles. The monoisotopic (exact) mass is 1090 g/mol. The van der Waals surface area contributed by atoms with Gasteiger partial charge in [-0.3, -0.25) is 0 Å². The Morgan fingerprint density at radius 2 is 1.10 bits per heavy atom. The molecular formula is C63H67N4OPt-3. The molecule has 69 heavy (non-hydrogen) atoms. The van der Waals surface area contributed by atoms with E-state index in [1.54, 1.807) is 0 Å². The number of ether oxygens (including phenoxy) is 1. The van der Waals surface area contributed by atoms with E-state index in [4.69, 9.17) is 9.72 Å². The third-order valence-electron chi connectivity index (χ3n) is 13.5. The molecule has 9 rings (SSSR count). The summed E-state index contributed by atoms with van der Waals surface area (Å²) in [5.74, 6) is 2.06. The maximum Gasteiger partial charge on any atom is 0.135 e. The molecular weight excluding hydrogens is 1020 g/mol. The first-order valence-electron chi connectivity index (χ1n) is 24.1. The number of nitrogens with zero attached hydrogens (tertiary/aromatic N) is 4. The van der Waals surface area contributed by atoms with E-state index in [0.29, 0.717) is 11.5 Å². The van der Waals surface area contributed by atoms with E-state index in [9.17, 15) is 0 Å². The van der Waals surface area contributed by atoms with Crippen molar-refractivity contribution in [2.75, 3.05) is 9.80 Å². The first kappa shape index (κ1) is 49.5. The van der Waals surface area contributed by atoms with Crippen molar-refractivity contribution in [2.24, 2.45) is 10.8 Å². The minimum absolute atomic E-state index is 0. The quantitative estimate of drug-likeness (QED) is 0.142. The normalized spacial score (nSPS) is 13.9. The number of allylic oxidation sites excluding steroid dienone is 2. The Labute approximate surface area is 426 Å². The van der Waals surface area contributed by atoms with Gasteiger partial charge >= 0.3 is 0 Å². The zero-order chi connectivity index (χ0) is 48.6. The topological polar surface area (TPSA) is 33.5 Å². The van der Waals surface area contributed by atoms with E-state index in [2.05, 4.69) is 264 Å². The summed E-state index contributed by atoms with van der Waals surface area (Å²) in [7, 11) is 0. The largest absolute Gasteiger partial charge is 0.509 e. The van der Waals surface area contributed by atoms with Crippen molar-refractivity contribution in [3.05, 3.63) is 198 Å². The van der Waals surface area contributed by atoms with Crippen LogP contribution in [0.15, 0.2) is 157 Å². The minimum Gasteiger partial charge on any atom is -0.509 e. The second kappa shape index (κ2) is 18.1. The van der Waals surface area contributed by atoms with Crippen LogP contribution in [0, 0.1) is 29.6 Å². The van der Waals surface area contributed by atoms with Gasteiger partial charge < -0.3 is 19.1 Å². The molecule has 6 aromatic carbocycles. The molecule has 0 N–H and O–H groups in total. The Balaban J connectivity index is 0.00000642. The fourth-order valence-electron chi connectivity index (χ4n) is 9.65. The van der Waals surface area contributed by atoms with Gasteiger partial charge in [0.25, 0.3) is 0 Å². The average Bonchev–Trinajstić information content (AvgIpc) is 3.87. The summed E-state index contributed by atoms with van der Waals surface area (Å²) in [5, 5.41) is 2.21. The van der Waals surface area contributed by atoms with Crippen molar-refractivity contribution in [1.29, 1.82) is 0 Å². The van der Waals surface area contributed by atoms with Crippen molar-refractivity contribution in [3.8, 4) is 28.4 Å². The first-order valence-corrected chi connectivity index (χ1v) is 24.1. The molecule has 0 unspecified atom stereocenters. The van der Waals surface area contributed by atoms with Gasteiger partial charge in [0, 0.05) is 72.2 Å². The molecule has 0 atom stereocenters. The summed E-state index contributed by atoms with van der Waals surface area (Å²) in [6.45, 7) is 34.3. The number of pyridine rings is 1. The molecule has 0 fully saturated rings. The Bertz CT molecular complexity index is 3190. The van der Waals surface area contributed by atoms with Crippen LogP contribution in [-0.2, 0) is 37.3 Å². The van der Waals surface area contributed by atoms with Gasteiger partial charge in [0.05, 0.1) is 0 Å². The Kier molecular flexibility index (Phi) is 13.0. The summed E-state index contributed by atoms with van der Waals surface area (Å²) in [6, 6.07) is 57.7. The number of anilines is 2. The molecule has 0 spiro atoms. The van der Waals surface area contributed by atoms with Crippen LogP contribution in [0.2, 0.25) is 0 Å². The van der Waals surface area contributed by atoms with Gasteiger partial charge in [0.1, 0.15) is 5.82 Å². The van der Waals surface area contributed by atoms with Crippen molar-refractivity contribution in [2.45, 2.75) is 113 Å². The number of benzene rings is 6. The molecule has 6 heteroatoms. The zero-order valence-corrected chi connectivity index (χ0v) is 45.2. The predicted octanol–water partition coefficient (Wildman–Crippen LogP) is 16.9. The standard InChI is InChI=1S/C63H67N4O.Pt/c1-59(2,3)45-26-21-27-48(35-45)65-41-66(58(62(10,11)12)57(65)61(7,8)9)49-36-47(63(13,14)44-24-19-16-20-25-44)37-51(39-49)68-50-29-30-52-53-34-43(42-22-17-15-18-23-42)28-31-54(53)67(55(52)40-50)56-38-46(32-33-64-56)60(4,5)6;/h15-38,41H,1-14H3;/q-3;. The third-order valence-corrected chi connectivity index (χ3v) is 13.5. The van der Waals surface area contributed by atoms with Crippen molar-refractivity contribution in [1.82, 2.24) is 9.55 Å². The summed E-state index contributed by atoms with van der Waals surface area (Å²) in [4.78, 5) is 9.76. The number of rotatable bonds is 8. The van der Waals surface area contributed by atoms with Crippen molar-refractivity contribution >= 4 is 33.2 Å². The Morgan fingerprint density at radius 3 is 1.75 bits per heavy atom. The summed E-state index contributed by atoms with van der Waals surface area (Å²) < 4.78 is 9.32. The summed E-state index contributed by atoms with van der Waals surface area (Å²) in [6.07, 6.45) is 1.92. The number of fused-ring (bicyclic) bond motifs is 3. The minimum atomic E-state index is -0.373. The van der Waals surface area contributed by atoms with Gasteiger partial charge in [0.2, 0.25) is 0 Å². The van der Waals surface area contributed by atoms with Crippen LogP contribution in [0.3, 0.4) is 0 Å². The van der Waals surface area contributed by atoms with Gasteiger partial charge in [-0.2, -0.15) is 6.07 Å². The molecule has 1 aliphatic rings. The van der Waals surface area contributed by atoms with E-state index < -0.39 is 0 Å². The molecule has 0 radical (unpaired) electrons. The Morgan fingerprint density at radius 1 is 0.478 bits per heavy atom. The van der Waals surface area contributed by atoms with Crippen LogP contribution in [-0.4, -0.2) is 9.55 Å². The maximum absolute atomic E-state index is 7.08. The van der Waals surface area contributed by atoms with Gasteiger partial charge in [-0.15, -0.1) is 53.6 Å². The second-order valence-electron chi connectivity index (χ2n) is 23.2. The number of aromatic nitrogens is 2. The van der Waals surface area contributed by atoms with Gasteiger partial charge in [-0.1, -0.05) is 187 Å². The van der Waals surface area contributed by atoms with Crippen LogP contribution in [0.4, 0.5) is 11.4 Å². The van der Waals surface area contributed by atoms with Gasteiger partial charge in [-0.05, 0) is 79.8 Å². The Hall–Kier alpha value is -5.90. The molecule has 5 nitrogen and oxygen atoms in total. The van der Waals surface area contributed by atoms with Crippen LogP contribution in [0.1, 0.15) is 119 Å². The summed E-state index contributed by atoms with van der Waals surface area (Å²) in [5.41, 5.74) is 12.8. The first-order chi connectivity index (χ1) is 32.0. The molecule has 0 amide bonds. The molecule has 358 valence electrons. The van der Waals surface area contributed by atoms with E-state index >= 15 is 0 Å². The molecule has 0 saturated heterocycles. The number of hydrogen-bond acceptors (Lipinski definition) is 4. The van der Waals surface area contributed by atoms with E-state index in [-0.39, 0.29) is 48.1 Å². The summed E-state index contributed by atoms with van der Waals surface area (Å²) >= 11 is 0. The molecule has 0 bridgehead atoms. The molecule has 1 aliphatic heterocycles. The smallest absolute Gasteiger partial charge is 0.135 e. The number of hydrogen-bond donors (Lipinski definition) is 0. The second-order valence-corrected chi connectivity index (χ2v) is 23.2. The van der Waals surface area contributed by atoms with Crippen LogP contribution in [0.5, 0.6) is 11.5 Å². The SMILES string of the molecule is CC(C)(C)C1=C(C(C)(C)C)N(c2cccc(C(C)(C)C)c2)[CH-]N1c1[c-]c(Oc2[c-]c3c(cc2)c2cc(-c4ccccc4)ccc2n3-c2cc(C(C)(C)C)ccn2)cc(C(C)(C)c2ccccc2)c1.[Pt]. The van der Waals surface area contributed by atoms with Crippen LogP contribution in [0.25, 0.3) is 38.8 Å². The van der Waals surface area contributed by atoms with Gasteiger partial charge in [0.15, 0.2) is 0 Å². The third kappa shape index (κ3) is 9.70. The van der Waals surface area contributed by atoms with Crippen LogP contribution < -0.4 is 14.5 Å². The predicted molar refractivity (Wildman–Crippen MR) is 286 cm³/mol. The molecule has 8 aromatic rings. The van der Waals surface area contributed by atoms with E-state index in [0.717, 1.165) is 50.1 Å².